The van der Waals surface area contributed by atoms with Gasteiger partial charge in [-0.1, -0.05) is 0 Å². The Morgan fingerprint density at radius 3 is 2.62 bits per heavy atom. The van der Waals surface area contributed by atoms with Gasteiger partial charge >= 0.3 is 6.03 Å². The molecule has 1 aliphatic rings. The molecule has 3 amide bonds. The third kappa shape index (κ3) is 6.37. The lowest BCUT2D eigenvalue weighted by atomic mass is 10.00. The average molecular weight is 365 g/mol. The molecule has 1 aromatic heterocycles. The molecule has 0 aliphatic carbocycles. The van der Waals surface area contributed by atoms with E-state index in [-0.39, 0.29) is 18.0 Å². The molecule has 1 fully saturated rings. The van der Waals surface area contributed by atoms with E-state index in [1.807, 2.05) is 6.92 Å². The minimum atomic E-state index is -0.668. The van der Waals surface area contributed by atoms with Crippen molar-refractivity contribution in [2.24, 2.45) is 0 Å². The Kier molecular flexibility index (Phi) is 7.08. The summed E-state index contributed by atoms with van der Waals surface area (Å²) >= 11 is 0. The third-order valence-corrected chi connectivity index (χ3v) is 4.60. The van der Waals surface area contributed by atoms with E-state index in [1.165, 1.54) is 6.26 Å². The standard InChI is InChI=1S/C19H31N3O4/c1-15(7-4-9-19(2,3)25)20-18(24)22-11-6-10-21(12-13-22)17(23)16-8-5-14-26-16/h5,8,14-15,25H,4,6-7,9-13H2,1-3H3,(H,20,24)/t15-/m1/s1. The van der Waals surface area contributed by atoms with Crippen molar-refractivity contribution in [2.75, 3.05) is 26.2 Å². The first-order valence-electron chi connectivity index (χ1n) is 9.37. The first-order valence-corrected chi connectivity index (χ1v) is 9.37. The van der Waals surface area contributed by atoms with Gasteiger partial charge in [-0.25, -0.2) is 4.79 Å². The lowest BCUT2D eigenvalue weighted by Crippen LogP contribution is -2.45. The highest BCUT2D eigenvalue weighted by Gasteiger charge is 2.24. The molecule has 1 saturated heterocycles. The minimum Gasteiger partial charge on any atom is -0.459 e. The quantitative estimate of drug-likeness (QED) is 0.811. The van der Waals surface area contributed by atoms with Crippen molar-refractivity contribution < 1.29 is 19.1 Å². The van der Waals surface area contributed by atoms with Crippen molar-refractivity contribution in [1.29, 1.82) is 0 Å². The van der Waals surface area contributed by atoms with Crippen LogP contribution in [0.2, 0.25) is 0 Å². The molecule has 26 heavy (non-hydrogen) atoms. The van der Waals surface area contributed by atoms with E-state index in [1.54, 1.807) is 35.8 Å². The molecule has 1 atom stereocenters. The Labute approximate surface area is 155 Å². The molecular weight excluding hydrogens is 334 g/mol. The van der Waals surface area contributed by atoms with Crippen LogP contribution in [0, 0.1) is 0 Å². The summed E-state index contributed by atoms with van der Waals surface area (Å²) in [5.41, 5.74) is -0.668. The topological polar surface area (TPSA) is 86.0 Å². The monoisotopic (exact) mass is 365 g/mol. The lowest BCUT2D eigenvalue weighted by Gasteiger charge is -2.25. The second-order valence-corrected chi connectivity index (χ2v) is 7.67. The molecular formula is C19H31N3O4. The van der Waals surface area contributed by atoms with Gasteiger partial charge in [-0.3, -0.25) is 4.79 Å². The fraction of sp³-hybridized carbons (Fsp3) is 0.684. The Balaban J connectivity index is 1.77. The van der Waals surface area contributed by atoms with Crippen LogP contribution < -0.4 is 5.32 Å². The molecule has 0 radical (unpaired) electrons. The second kappa shape index (κ2) is 9.07. The number of amides is 3. The number of carbonyl (C=O) groups is 2. The number of carbonyl (C=O) groups excluding carboxylic acids is 2. The summed E-state index contributed by atoms with van der Waals surface area (Å²) in [5, 5.41) is 12.8. The van der Waals surface area contributed by atoms with E-state index in [4.69, 9.17) is 4.42 Å². The normalized spacial score (nSPS) is 16.9. The molecule has 0 unspecified atom stereocenters. The maximum atomic E-state index is 12.5. The molecule has 1 aromatic rings. The van der Waals surface area contributed by atoms with Crippen LogP contribution in [0.1, 0.15) is 57.0 Å². The van der Waals surface area contributed by atoms with E-state index in [9.17, 15) is 14.7 Å². The predicted molar refractivity (Wildman–Crippen MR) is 98.9 cm³/mol. The number of hydrogen-bond donors (Lipinski definition) is 2. The van der Waals surface area contributed by atoms with Crippen LogP contribution in [-0.4, -0.2) is 64.7 Å². The molecule has 0 bridgehead atoms. The Morgan fingerprint density at radius 2 is 1.96 bits per heavy atom. The number of nitrogens with zero attached hydrogens (tertiary/aromatic N) is 2. The van der Waals surface area contributed by atoms with Crippen molar-refractivity contribution >= 4 is 11.9 Å². The first kappa shape index (κ1) is 20.3. The highest BCUT2D eigenvalue weighted by molar-refractivity contribution is 5.91. The maximum Gasteiger partial charge on any atom is 0.317 e. The molecule has 146 valence electrons. The molecule has 0 saturated carbocycles. The van der Waals surface area contributed by atoms with Crippen LogP contribution in [0.15, 0.2) is 22.8 Å². The lowest BCUT2D eigenvalue weighted by molar-refractivity contribution is 0.0674. The summed E-state index contributed by atoms with van der Waals surface area (Å²) in [5.74, 6) is 0.209. The number of urea groups is 1. The van der Waals surface area contributed by atoms with Crippen LogP contribution in [0.3, 0.4) is 0 Å². The highest BCUT2D eigenvalue weighted by Crippen LogP contribution is 2.14. The zero-order valence-corrected chi connectivity index (χ0v) is 16.0. The van der Waals surface area contributed by atoms with Crippen LogP contribution in [-0.2, 0) is 0 Å². The van der Waals surface area contributed by atoms with Gasteiger partial charge in [0.05, 0.1) is 11.9 Å². The van der Waals surface area contributed by atoms with Gasteiger partial charge in [0.25, 0.3) is 5.91 Å². The summed E-state index contributed by atoms with van der Waals surface area (Å²) in [6, 6.07) is 3.32. The van der Waals surface area contributed by atoms with Gasteiger partial charge in [-0.15, -0.1) is 0 Å². The van der Waals surface area contributed by atoms with Gasteiger partial charge < -0.3 is 24.6 Å². The van der Waals surface area contributed by atoms with Crippen LogP contribution >= 0.6 is 0 Å². The molecule has 7 heteroatoms. The minimum absolute atomic E-state index is 0.0500. The fourth-order valence-electron chi connectivity index (χ4n) is 3.09. The molecule has 2 rings (SSSR count). The van der Waals surface area contributed by atoms with Crippen molar-refractivity contribution in [1.82, 2.24) is 15.1 Å². The summed E-state index contributed by atoms with van der Waals surface area (Å²) in [4.78, 5) is 28.3. The van der Waals surface area contributed by atoms with Crippen molar-refractivity contribution in [3.05, 3.63) is 24.2 Å². The fourth-order valence-corrected chi connectivity index (χ4v) is 3.09. The molecule has 0 spiro atoms. The van der Waals surface area contributed by atoms with Gasteiger partial charge in [0.1, 0.15) is 0 Å². The number of aliphatic hydroxyl groups is 1. The van der Waals surface area contributed by atoms with E-state index in [0.717, 1.165) is 19.3 Å². The smallest absolute Gasteiger partial charge is 0.317 e. The van der Waals surface area contributed by atoms with E-state index < -0.39 is 5.60 Å². The number of nitrogens with one attached hydrogen (secondary N) is 1. The average Bonchev–Trinajstić information content (AvgIpc) is 2.97. The van der Waals surface area contributed by atoms with E-state index >= 15 is 0 Å². The van der Waals surface area contributed by atoms with Gasteiger partial charge in [-0.05, 0) is 58.6 Å². The summed E-state index contributed by atoms with van der Waals surface area (Å²) < 4.78 is 5.18. The van der Waals surface area contributed by atoms with Crippen LogP contribution in [0.4, 0.5) is 4.79 Å². The maximum absolute atomic E-state index is 12.5. The van der Waals surface area contributed by atoms with E-state index in [2.05, 4.69) is 5.32 Å². The van der Waals surface area contributed by atoms with Crippen molar-refractivity contribution in [3.63, 3.8) is 0 Å². The Bertz CT molecular complexity index is 580. The SMILES string of the molecule is C[C@H](CCCC(C)(C)O)NC(=O)N1CCCN(C(=O)c2ccco2)CC1. The number of furan rings is 1. The van der Waals surface area contributed by atoms with Crippen molar-refractivity contribution in [3.8, 4) is 0 Å². The van der Waals surface area contributed by atoms with Gasteiger partial charge in [0.15, 0.2) is 5.76 Å². The second-order valence-electron chi connectivity index (χ2n) is 7.67. The van der Waals surface area contributed by atoms with Crippen LogP contribution in [0.5, 0.6) is 0 Å². The third-order valence-electron chi connectivity index (χ3n) is 4.60. The van der Waals surface area contributed by atoms with Crippen LogP contribution in [0.25, 0.3) is 0 Å². The number of hydrogen-bond acceptors (Lipinski definition) is 4. The Morgan fingerprint density at radius 1 is 1.27 bits per heavy atom. The first-order chi connectivity index (χ1) is 12.3. The predicted octanol–water partition coefficient (Wildman–Crippen LogP) is 2.47. The molecule has 2 heterocycles. The summed E-state index contributed by atoms with van der Waals surface area (Å²) in [6.07, 6.45) is 4.63. The molecule has 1 aliphatic heterocycles. The summed E-state index contributed by atoms with van der Waals surface area (Å²) in [6.45, 7) is 7.82. The van der Waals surface area contributed by atoms with Gasteiger partial charge in [0.2, 0.25) is 0 Å². The molecule has 7 nitrogen and oxygen atoms in total. The largest absolute Gasteiger partial charge is 0.459 e. The highest BCUT2D eigenvalue weighted by atomic mass is 16.3. The number of rotatable bonds is 6. The molecule has 0 aromatic carbocycles. The van der Waals surface area contributed by atoms with Crippen molar-refractivity contribution in [2.45, 2.75) is 58.1 Å². The van der Waals surface area contributed by atoms with E-state index in [0.29, 0.717) is 38.4 Å². The molecule has 2 N–H and O–H groups in total. The van der Waals surface area contributed by atoms with Gasteiger partial charge in [0, 0.05) is 32.2 Å². The zero-order valence-electron chi connectivity index (χ0n) is 16.0. The zero-order chi connectivity index (χ0) is 19.2. The Hall–Kier alpha value is -2.02. The summed E-state index contributed by atoms with van der Waals surface area (Å²) in [7, 11) is 0. The van der Waals surface area contributed by atoms with Gasteiger partial charge in [-0.2, -0.15) is 0 Å².